The van der Waals surface area contributed by atoms with Crippen LogP contribution in [-0.2, 0) is 19.1 Å². The first-order valence-corrected chi connectivity index (χ1v) is 29.1. The van der Waals surface area contributed by atoms with Crippen LogP contribution in [0.1, 0.15) is 113 Å². The Balaban J connectivity index is 0.000000245. The number of likely N-dealkylation sites (N-methyl/N-ethyl adjacent to an activating group) is 2. The van der Waals surface area contributed by atoms with Crippen molar-refractivity contribution in [3.05, 3.63) is 120 Å². The fraction of sp³-hybridized carbons (Fsp3) is 0.534. The lowest BCUT2D eigenvalue weighted by Gasteiger charge is -2.42. The highest BCUT2D eigenvalue weighted by Gasteiger charge is 2.38. The highest BCUT2D eigenvalue weighted by Crippen LogP contribution is 2.33. The molecule has 3 amide bonds. The van der Waals surface area contributed by atoms with Gasteiger partial charge in [0.05, 0.1) is 43.3 Å². The molecule has 6 aliphatic rings. The van der Waals surface area contributed by atoms with E-state index in [1.54, 1.807) is 66.8 Å². The second kappa shape index (κ2) is 34.2. The maximum Gasteiger partial charge on any atom is 0.246 e. The smallest absolute Gasteiger partial charge is 0.246 e. The number of likely N-dealkylation sites (tertiary alicyclic amines) is 2. The third-order valence-corrected chi connectivity index (χ3v) is 17.9. The van der Waals surface area contributed by atoms with Crippen LogP contribution in [0, 0.1) is 0 Å². The fourth-order valence-corrected chi connectivity index (χ4v) is 12.6. The van der Waals surface area contributed by atoms with E-state index in [-0.39, 0.29) is 61.0 Å². The molecule has 0 radical (unpaired) electrons. The van der Waals surface area contributed by atoms with Crippen LogP contribution >= 0.6 is 107 Å². The number of hydrogen-bond acceptors (Lipinski definition) is 7. The van der Waals surface area contributed by atoms with Gasteiger partial charge in [0, 0.05) is 81.7 Å². The second-order valence-corrected chi connectivity index (χ2v) is 22.9. The van der Waals surface area contributed by atoms with Crippen LogP contribution in [0.5, 0.6) is 0 Å². The van der Waals surface area contributed by atoms with Crippen molar-refractivity contribution in [1.82, 2.24) is 29.8 Å². The van der Waals surface area contributed by atoms with Crippen LogP contribution in [0.4, 0.5) is 0 Å². The lowest BCUT2D eigenvalue weighted by Crippen LogP contribution is -2.55. The Labute approximate surface area is 506 Å². The van der Waals surface area contributed by atoms with Crippen LogP contribution in [0.2, 0.25) is 30.1 Å². The molecule has 0 aromatic heterocycles. The summed E-state index contributed by atoms with van der Waals surface area (Å²) in [5.41, 5.74) is 2.63. The van der Waals surface area contributed by atoms with E-state index in [1.165, 1.54) is 96.8 Å². The minimum atomic E-state index is -0.0590. The molecular formula is C58H77Cl9N6O4. The van der Waals surface area contributed by atoms with Gasteiger partial charge < -0.3 is 19.9 Å². The van der Waals surface area contributed by atoms with Gasteiger partial charge in [-0.25, -0.2) is 0 Å². The van der Waals surface area contributed by atoms with Gasteiger partial charge in [0.1, 0.15) is 0 Å². The molecule has 0 spiro atoms. The fourth-order valence-electron chi connectivity index (χ4n) is 11.7. The molecule has 9 rings (SSSR count). The summed E-state index contributed by atoms with van der Waals surface area (Å²) in [4.78, 5) is 49.1. The molecule has 10 nitrogen and oxygen atoms in total. The highest BCUT2D eigenvalue weighted by molar-refractivity contribution is 6.43. The van der Waals surface area contributed by atoms with Crippen molar-refractivity contribution in [2.45, 2.75) is 133 Å². The van der Waals surface area contributed by atoms with E-state index in [1.807, 2.05) is 48.2 Å². The van der Waals surface area contributed by atoms with Gasteiger partial charge in [-0.05, 0) is 168 Å². The summed E-state index contributed by atoms with van der Waals surface area (Å²) in [7, 11) is 3.88. The van der Waals surface area contributed by atoms with Crippen molar-refractivity contribution in [2.24, 2.45) is 0 Å². The first-order valence-electron chi connectivity index (χ1n) is 26.8. The Bertz CT molecular complexity index is 2430. The maximum atomic E-state index is 12.7. The van der Waals surface area contributed by atoms with E-state index < -0.39 is 0 Å². The number of nitrogens with one attached hydrogen (secondary N) is 1. The summed E-state index contributed by atoms with van der Waals surface area (Å²) < 4.78 is 5.45. The van der Waals surface area contributed by atoms with Gasteiger partial charge in [-0.3, -0.25) is 29.1 Å². The molecule has 3 aliphatic heterocycles. The number of benzene rings is 3. The molecule has 19 heteroatoms. The molecule has 1 N–H and O–H groups in total. The van der Waals surface area contributed by atoms with E-state index in [9.17, 15) is 14.4 Å². The number of amides is 3. The number of ether oxygens (including phenoxy) is 1. The van der Waals surface area contributed by atoms with Crippen LogP contribution < -0.4 is 5.32 Å². The van der Waals surface area contributed by atoms with Gasteiger partial charge in [0.25, 0.3) is 0 Å². The average Bonchev–Trinajstić information content (AvgIpc) is 4.26. The number of rotatable bonds is 12. The molecule has 3 aliphatic carbocycles. The van der Waals surface area contributed by atoms with Crippen LogP contribution in [0.25, 0.3) is 18.2 Å². The van der Waals surface area contributed by atoms with Crippen molar-refractivity contribution in [1.29, 1.82) is 0 Å². The quantitative estimate of drug-likeness (QED) is 0.181. The van der Waals surface area contributed by atoms with Crippen molar-refractivity contribution in [2.75, 3.05) is 66.6 Å². The number of hydrogen-bond donors (Lipinski definition) is 1. The van der Waals surface area contributed by atoms with Gasteiger partial charge in [0.15, 0.2) is 0 Å². The molecule has 6 fully saturated rings. The Morgan fingerprint density at radius 3 is 1.27 bits per heavy atom. The summed E-state index contributed by atoms with van der Waals surface area (Å²) in [5.74, 6) is 0.0515. The summed E-state index contributed by atoms with van der Waals surface area (Å²) in [6.07, 6.45) is 28.3. The third kappa shape index (κ3) is 20.0. The van der Waals surface area contributed by atoms with E-state index >= 15 is 0 Å². The minimum Gasteiger partial charge on any atom is -0.379 e. The number of carbonyl (C=O) groups excluding carboxylic acids is 3. The Morgan fingerprint density at radius 1 is 0.468 bits per heavy atom. The van der Waals surface area contributed by atoms with E-state index in [0.717, 1.165) is 68.7 Å². The molecule has 426 valence electrons. The zero-order chi connectivity index (χ0) is 52.6. The summed E-state index contributed by atoms with van der Waals surface area (Å²) in [5, 5.41) is 6.26. The third-order valence-electron chi connectivity index (χ3n) is 15.7. The standard InChI is InChI=1S/C20H26Cl2N2O.C19H24Cl2N2O2.C19H24Cl2N2O.3ClH/c1-23(18-6-2-3-7-19(18)24-12-4-5-13-24)20(25)11-9-15-8-10-16(21)17(22)14-15;20-15-7-5-14(13-16(15)21)6-8-19(24)22-17-3-1-2-4-18(17)23-9-11-25-12-10-23;1-22(17-5-4-6-18(17)23-11-2-3-12-23)19(24)10-8-14-7-9-15(20)16(21)13-14;;;/h8-11,14,18-19H,2-7,12-13H2,1H3;5-8,13,17-18H,1-4,9-12H2,(H,22,24);7-10,13,17-18H,2-6,11-12H2,1H3;3*1H/b11-9+;8-6+;10-8+;;;/t18-,19-;2*17-,18-;;;/m111.../s1. The normalized spacial score (nSPS) is 23.9. The van der Waals surface area contributed by atoms with Crippen molar-refractivity contribution >= 4 is 143 Å². The van der Waals surface area contributed by atoms with E-state index in [4.69, 9.17) is 74.3 Å². The lowest BCUT2D eigenvalue weighted by molar-refractivity contribution is -0.129. The van der Waals surface area contributed by atoms with Gasteiger partial charge in [0.2, 0.25) is 17.7 Å². The molecule has 77 heavy (non-hydrogen) atoms. The average molecular weight is 1240 g/mol. The summed E-state index contributed by atoms with van der Waals surface area (Å²) >= 11 is 35.8. The molecule has 0 bridgehead atoms. The summed E-state index contributed by atoms with van der Waals surface area (Å²) in [6, 6.07) is 18.4. The topological polar surface area (TPSA) is 88.7 Å². The second-order valence-electron chi connectivity index (χ2n) is 20.5. The van der Waals surface area contributed by atoms with Gasteiger partial charge in [-0.1, -0.05) is 113 Å². The number of nitrogens with zero attached hydrogens (tertiary/aromatic N) is 5. The highest BCUT2D eigenvalue weighted by atomic mass is 35.5. The minimum absolute atomic E-state index is 0. The Morgan fingerprint density at radius 2 is 0.831 bits per heavy atom. The van der Waals surface area contributed by atoms with Gasteiger partial charge >= 0.3 is 0 Å². The Kier molecular flexibility index (Phi) is 29.9. The molecule has 0 unspecified atom stereocenters. The Hall–Kier alpha value is -2.26. The number of halogens is 9. The largest absolute Gasteiger partial charge is 0.379 e. The molecule has 3 heterocycles. The summed E-state index contributed by atoms with van der Waals surface area (Å²) in [6.45, 7) is 8.21. The van der Waals surface area contributed by atoms with Gasteiger partial charge in [-0.15, -0.1) is 37.2 Å². The van der Waals surface area contributed by atoms with Gasteiger partial charge in [-0.2, -0.15) is 0 Å². The zero-order valence-electron chi connectivity index (χ0n) is 44.2. The molecule has 3 saturated heterocycles. The zero-order valence-corrected chi connectivity index (χ0v) is 51.2. The first-order chi connectivity index (χ1) is 35.7. The van der Waals surface area contributed by atoms with Crippen molar-refractivity contribution < 1.29 is 19.1 Å². The predicted molar refractivity (Wildman–Crippen MR) is 329 cm³/mol. The van der Waals surface area contributed by atoms with Crippen LogP contribution in [0.15, 0.2) is 72.8 Å². The molecule has 3 saturated carbocycles. The van der Waals surface area contributed by atoms with Crippen molar-refractivity contribution in [3.63, 3.8) is 0 Å². The van der Waals surface area contributed by atoms with Crippen LogP contribution in [-0.4, -0.2) is 145 Å². The molecule has 3 aromatic rings. The van der Waals surface area contributed by atoms with E-state index in [2.05, 4.69) is 20.0 Å². The molecular weight excluding hydrogens is 1160 g/mol. The monoisotopic (exact) mass is 1240 g/mol. The SMILES string of the molecule is CN(C(=O)/C=C/c1ccc(Cl)c(Cl)c1)[C@@H]1CCCC[C@H]1N1CCCC1.CN(C(=O)/C=C/c1ccc(Cl)c(Cl)c1)[C@@H]1CCC[C@H]1N1CCCC1.Cl.Cl.Cl.O=C(/C=C/c1ccc(Cl)c(Cl)c1)N[C@@H]1CCCC[C@H]1N1CCOCC1. The van der Waals surface area contributed by atoms with Crippen molar-refractivity contribution in [3.8, 4) is 0 Å². The predicted octanol–water partition coefficient (Wildman–Crippen LogP) is 14.4. The van der Waals surface area contributed by atoms with E-state index in [0.29, 0.717) is 60.3 Å². The molecule has 6 atom stereocenters. The van der Waals surface area contributed by atoms with Crippen LogP contribution in [0.3, 0.4) is 0 Å². The lowest BCUT2D eigenvalue weighted by atomic mass is 9.88. The number of morpholine rings is 1. The molecule has 3 aromatic carbocycles. The first kappa shape index (κ1) is 67.2. The number of carbonyl (C=O) groups is 3. The maximum absolute atomic E-state index is 12.7.